The Labute approximate surface area is 195 Å². The van der Waals surface area contributed by atoms with Crippen LogP contribution in [-0.4, -0.2) is 79.7 Å². The Morgan fingerprint density at radius 1 is 1.15 bits per heavy atom. The predicted octanol–water partition coefficient (Wildman–Crippen LogP) is 1.95. The standard InChI is InChI=1S/C25H34N6O2/c1-33-20-6-5-19-15-21(25(32)28-9-12-29-10-3-2-4-11-29)23-18-30(24-17-26-7-8-27-24)13-14-31(23)22(19)16-20/h5-8,16-17,21,23H,2-4,9-15,18H2,1H3,(H,28,32). The minimum Gasteiger partial charge on any atom is -0.497 e. The second-order valence-corrected chi connectivity index (χ2v) is 9.27. The van der Waals surface area contributed by atoms with Crippen LogP contribution in [0.2, 0.25) is 0 Å². The van der Waals surface area contributed by atoms with Crippen LogP contribution in [0, 0.1) is 5.92 Å². The molecule has 3 aliphatic heterocycles. The number of benzene rings is 1. The number of nitrogens with one attached hydrogen (secondary N) is 1. The molecule has 1 N–H and O–H groups in total. The van der Waals surface area contributed by atoms with Gasteiger partial charge in [-0.2, -0.15) is 0 Å². The van der Waals surface area contributed by atoms with E-state index in [0.29, 0.717) is 6.54 Å². The summed E-state index contributed by atoms with van der Waals surface area (Å²) in [5.41, 5.74) is 2.41. The highest BCUT2D eigenvalue weighted by Gasteiger charge is 2.42. The highest BCUT2D eigenvalue weighted by molar-refractivity contribution is 5.82. The number of ether oxygens (including phenoxy) is 1. The molecular weight excluding hydrogens is 416 g/mol. The summed E-state index contributed by atoms with van der Waals surface area (Å²) < 4.78 is 5.50. The van der Waals surface area contributed by atoms with Crippen LogP contribution in [0.4, 0.5) is 11.5 Å². The van der Waals surface area contributed by atoms with Gasteiger partial charge in [0, 0.05) is 56.9 Å². The van der Waals surface area contributed by atoms with Gasteiger partial charge < -0.3 is 24.8 Å². The maximum Gasteiger partial charge on any atom is 0.225 e. The predicted molar refractivity (Wildman–Crippen MR) is 129 cm³/mol. The first-order valence-electron chi connectivity index (χ1n) is 12.2. The molecule has 3 aliphatic rings. The lowest BCUT2D eigenvalue weighted by molar-refractivity contribution is -0.125. The second kappa shape index (κ2) is 9.95. The van der Waals surface area contributed by atoms with Crippen molar-refractivity contribution in [3.8, 4) is 5.75 Å². The van der Waals surface area contributed by atoms with Gasteiger partial charge in [-0.05, 0) is 44.0 Å². The highest BCUT2D eigenvalue weighted by atomic mass is 16.5. The first-order valence-corrected chi connectivity index (χ1v) is 12.2. The summed E-state index contributed by atoms with van der Waals surface area (Å²) in [6, 6.07) is 6.31. The molecule has 8 heteroatoms. The number of likely N-dealkylation sites (tertiary alicyclic amines) is 1. The fourth-order valence-electron chi connectivity index (χ4n) is 5.52. The Morgan fingerprint density at radius 2 is 2.03 bits per heavy atom. The Bertz CT molecular complexity index is 949. The van der Waals surface area contributed by atoms with Crippen molar-refractivity contribution in [3.63, 3.8) is 0 Å². The monoisotopic (exact) mass is 450 g/mol. The molecule has 1 amide bonds. The zero-order valence-electron chi connectivity index (χ0n) is 19.4. The molecule has 1 aromatic heterocycles. The molecule has 2 fully saturated rings. The Hall–Kier alpha value is -2.87. The summed E-state index contributed by atoms with van der Waals surface area (Å²) in [5, 5.41) is 3.26. The van der Waals surface area contributed by atoms with Crippen LogP contribution in [0.15, 0.2) is 36.8 Å². The number of rotatable bonds is 6. The molecule has 4 heterocycles. The first-order chi connectivity index (χ1) is 16.2. The molecule has 0 saturated carbocycles. The Kier molecular flexibility index (Phi) is 6.62. The number of anilines is 2. The lowest BCUT2D eigenvalue weighted by Crippen LogP contribution is -2.61. The van der Waals surface area contributed by atoms with E-state index in [1.807, 2.05) is 12.3 Å². The van der Waals surface area contributed by atoms with E-state index in [1.165, 1.54) is 30.5 Å². The fraction of sp³-hybridized carbons (Fsp3) is 0.560. The molecule has 1 aromatic carbocycles. The minimum absolute atomic E-state index is 0.0790. The maximum absolute atomic E-state index is 13.4. The van der Waals surface area contributed by atoms with Gasteiger partial charge in [0.25, 0.3) is 0 Å². The molecule has 0 spiro atoms. The van der Waals surface area contributed by atoms with Gasteiger partial charge in [-0.1, -0.05) is 12.5 Å². The van der Waals surface area contributed by atoms with E-state index in [-0.39, 0.29) is 17.9 Å². The van der Waals surface area contributed by atoms with E-state index < -0.39 is 0 Å². The Balaban J connectivity index is 1.34. The van der Waals surface area contributed by atoms with Crippen LogP contribution >= 0.6 is 0 Å². The number of aromatic nitrogens is 2. The van der Waals surface area contributed by atoms with Crippen LogP contribution in [-0.2, 0) is 11.2 Å². The number of hydrogen-bond acceptors (Lipinski definition) is 7. The van der Waals surface area contributed by atoms with Gasteiger partial charge >= 0.3 is 0 Å². The average Bonchev–Trinajstić information content (AvgIpc) is 2.88. The van der Waals surface area contributed by atoms with Crippen molar-refractivity contribution >= 4 is 17.4 Å². The molecule has 0 aliphatic carbocycles. The molecule has 2 atom stereocenters. The van der Waals surface area contributed by atoms with E-state index in [4.69, 9.17) is 4.74 Å². The molecule has 8 nitrogen and oxygen atoms in total. The van der Waals surface area contributed by atoms with E-state index >= 15 is 0 Å². The number of hydrogen-bond donors (Lipinski definition) is 1. The summed E-state index contributed by atoms with van der Waals surface area (Å²) in [4.78, 5) is 29.3. The minimum atomic E-state index is -0.105. The number of carbonyl (C=O) groups excluding carboxylic acids is 1. The topological polar surface area (TPSA) is 73.8 Å². The van der Waals surface area contributed by atoms with Crippen LogP contribution in [0.3, 0.4) is 0 Å². The van der Waals surface area contributed by atoms with Gasteiger partial charge in [0.05, 0.1) is 25.3 Å². The SMILES string of the molecule is COc1ccc2c(c1)N1CCN(c3cnccn3)CC1C(C(=O)NCCN1CCCCC1)C2. The number of piperidine rings is 1. The highest BCUT2D eigenvalue weighted by Crippen LogP contribution is 2.38. The van der Waals surface area contributed by atoms with Crippen molar-refractivity contribution < 1.29 is 9.53 Å². The van der Waals surface area contributed by atoms with E-state index in [9.17, 15) is 4.79 Å². The van der Waals surface area contributed by atoms with Gasteiger partial charge in [-0.25, -0.2) is 4.98 Å². The maximum atomic E-state index is 13.4. The summed E-state index contributed by atoms with van der Waals surface area (Å²) >= 11 is 0. The number of amides is 1. The van der Waals surface area contributed by atoms with Crippen LogP contribution < -0.4 is 19.9 Å². The molecule has 176 valence electrons. The second-order valence-electron chi connectivity index (χ2n) is 9.27. The van der Waals surface area contributed by atoms with Gasteiger partial charge in [-0.15, -0.1) is 0 Å². The molecule has 5 rings (SSSR count). The lowest BCUT2D eigenvalue weighted by Gasteiger charge is -2.49. The van der Waals surface area contributed by atoms with Crippen molar-refractivity contribution in [1.82, 2.24) is 20.2 Å². The third-order valence-electron chi connectivity index (χ3n) is 7.31. The van der Waals surface area contributed by atoms with Crippen LogP contribution in [0.25, 0.3) is 0 Å². The number of fused-ring (bicyclic) bond motifs is 3. The summed E-state index contributed by atoms with van der Waals surface area (Å²) in [6.07, 6.45) is 9.84. The van der Waals surface area contributed by atoms with Crippen LogP contribution in [0.1, 0.15) is 24.8 Å². The number of nitrogens with zero attached hydrogens (tertiary/aromatic N) is 5. The number of piperazine rings is 1. The number of methoxy groups -OCH3 is 1. The molecule has 0 bridgehead atoms. The van der Waals surface area contributed by atoms with Crippen molar-refractivity contribution in [3.05, 3.63) is 42.4 Å². The largest absolute Gasteiger partial charge is 0.497 e. The third-order valence-corrected chi connectivity index (χ3v) is 7.31. The third kappa shape index (κ3) is 4.76. The smallest absolute Gasteiger partial charge is 0.225 e. The molecule has 2 saturated heterocycles. The van der Waals surface area contributed by atoms with Gasteiger partial charge in [-0.3, -0.25) is 9.78 Å². The van der Waals surface area contributed by atoms with E-state index in [0.717, 1.165) is 57.3 Å². The molecule has 2 aromatic rings. The molecule has 33 heavy (non-hydrogen) atoms. The molecule has 2 unspecified atom stereocenters. The van der Waals surface area contributed by atoms with Gasteiger partial charge in [0.1, 0.15) is 11.6 Å². The zero-order chi connectivity index (χ0) is 22.6. The van der Waals surface area contributed by atoms with Crippen molar-refractivity contribution in [2.45, 2.75) is 31.7 Å². The summed E-state index contributed by atoms with van der Waals surface area (Å²) in [5.74, 6) is 1.78. The normalized spacial score (nSPS) is 22.9. The van der Waals surface area contributed by atoms with Crippen LogP contribution in [0.5, 0.6) is 5.75 Å². The Morgan fingerprint density at radius 3 is 2.82 bits per heavy atom. The quantitative estimate of drug-likeness (QED) is 0.721. The van der Waals surface area contributed by atoms with Gasteiger partial charge in [0.2, 0.25) is 5.91 Å². The van der Waals surface area contributed by atoms with E-state index in [2.05, 4.69) is 42.1 Å². The zero-order valence-corrected chi connectivity index (χ0v) is 19.4. The van der Waals surface area contributed by atoms with Crippen molar-refractivity contribution in [2.24, 2.45) is 5.92 Å². The lowest BCUT2D eigenvalue weighted by atomic mass is 9.83. The number of carbonyl (C=O) groups is 1. The van der Waals surface area contributed by atoms with E-state index in [1.54, 1.807) is 19.5 Å². The fourth-order valence-corrected chi connectivity index (χ4v) is 5.52. The summed E-state index contributed by atoms with van der Waals surface area (Å²) in [7, 11) is 1.70. The first kappa shape index (κ1) is 21.9. The molecule has 0 radical (unpaired) electrons. The summed E-state index contributed by atoms with van der Waals surface area (Å²) in [6.45, 7) is 6.38. The van der Waals surface area contributed by atoms with Crippen molar-refractivity contribution in [2.75, 3.05) is 62.7 Å². The van der Waals surface area contributed by atoms with Gasteiger partial charge in [0.15, 0.2) is 0 Å². The van der Waals surface area contributed by atoms with Crippen molar-refractivity contribution in [1.29, 1.82) is 0 Å². The molecular formula is C25H34N6O2. The average molecular weight is 451 g/mol.